The molecule has 2 rings (SSSR count). The molecule has 0 aliphatic carbocycles. The molecule has 1 saturated heterocycles. The monoisotopic (exact) mass is 440 g/mol. The Morgan fingerprint density at radius 3 is 1.93 bits per heavy atom. The van der Waals surface area contributed by atoms with Gasteiger partial charge in [-0.3, -0.25) is 14.4 Å². The Morgan fingerprint density at radius 1 is 1.00 bits per heavy atom. The molecule has 12 heteroatoms. The number of rotatable bonds is 3. The minimum Gasteiger partial charge on any atom is -0.466 e. The Labute approximate surface area is 167 Å². The normalized spacial score (nSPS) is 15.6. The first-order chi connectivity index (χ1) is 13.8. The second kappa shape index (κ2) is 8.92. The summed E-state index contributed by atoms with van der Waals surface area (Å²) in [6, 6.07) is 0.540. The molecular weight excluding hydrogens is 422 g/mol. The fourth-order valence-electron chi connectivity index (χ4n) is 2.93. The van der Waals surface area contributed by atoms with Crippen LogP contribution < -0.4 is 5.32 Å². The molecule has 0 saturated carbocycles. The summed E-state index contributed by atoms with van der Waals surface area (Å²) < 4.78 is 82.2. The fourth-order valence-corrected chi connectivity index (χ4v) is 2.93. The van der Waals surface area contributed by atoms with Gasteiger partial charge in [0, 0.05) is 18.8 Å². The van der Waals surface area contributed by atoms with Crippen molar-refractivity contribution < 1.29 is 45.5 Å². The Morgan fingerprint density at radius 2 is 1.50 bits per heavy atom. The highest BCUT2D eigenvalue weighted by molar-refractivity contribution is 6.39. The number of nitrogens with one attached hydrogen (secondary N) is 1. The molecule has 1 heterocycles. The summed E-state index contributed by atoms with van der Waals surface area (Å²) in [5.41, 5.74) is -4.04. The average molecular weight is 440 g/mol. The predicted octanol–water partition coefficient (Wildman–Crippen LogP) is 3.46. The van der Waals surface area contributed by atoms with Crippen LogP contribution in [-0.2, 0) is 31.5 Å². The van der Waals surface area contributed by atoms with E-state index in [4.69, 9.17) is 4.74 Å². The smallest absolute Gasteiger partial charge is 0.416 e. The number of nitrogens with zero attached hydrogens (tertiary/aromatic N) is 1. The summed E-state index contributed by atoms with van der Waals surface area (Å²) in [7, 11) is 0. The highest BCUT2D eigenvalue weighted by Gasteiger charge is 2.37. The van der Waals surface area contributed by atoms with E-state index in [1.165, 1.54) is 0 Å². The zero-order chi connectivity index (χ0) is 22.7. The second-order valence-corrected chi connectivity index (χ2v) is 6.57. The zero-order valence-electron chi connectivity index (χ0n) is 15.7. The van der Waals surface area contributed by atoms with Gasteiger partial charge in [0.05, 0.1) is 23.7 Å². The SMILES string of the molecule is CCOC(=O)C1CCN(C(=O)C(=O)Nc2cc(C(F)(F)F)cc(C(F)(F)F)c2)CC1. The quantitative estimate of drug-likeness (QED) is 0.444. The number of ether oxygens (including phenoxy) is 1. The van der Waals surface area contributed by atoms with Crippen molar-refractivity contribution in [1.82, 2.24) is 4.90 Å². The minimum absolute atomic E-state index is 0.0200. The lowest BCUT2D eigenvalue weighted by Gasteiger charge is -2.30. The summed E-state index contributed by atoms with van der Waals surface area (Å²) in [4.78, 5) is 37.1. The molecule has 0 unspecified atom stereocenters. The van der Waals surface area contributed by atoms with E-state index < -0.39 is 52.9 Å². The van der Waals surface area contributed by atoms with E-state index in [1.54, 1.807) is 12.2 Å². The van der Waals surface area contributed by atoms with Gasteiger partial charge in [-0.25, -0.2) is 0 Å². The molecule has 1 N–H and O–H groups in total. The van der Waals surface area contributed by atoms with E-state index in [2.05, 4.69) is 0 Å². The van der Waals surface area contributed by atoms with Crippen LogP contribution in [0.1, 0.15) is 30.9 Å². The van der Waals surface area contributed by atoms with Crippen LogP contribution in [0.5, 0.6) is 0 Å². The van der Waals surface area contributed by atoms with Crippen LogP contribution in [0.25, 0.3) is 0 Å². The molecule has 1 aliphatic rings. The number of halogens is 6. The van der Waals surface area contributed by atoms with Crippen molar-refractivity contribution >= 4 is 23.5 Å². The van der Waals surface area contributed by atoms with Gasteiger partial charge >= 0.3 is 30.1 Å². The standard InChI is InChI=1S/C18H18F6N2O4/c1-2-30-16(29)10-3-5-26(6-4-10)15(28)14(27)25-13-8-11(17(19,20)21)7-12(9-13)18(22,23)24/h7-10H,2-6H2,1H3,(H,25,27). The number of benzene rings is 1. The van der Waals surface area contributed by atoms with Crippen molar-refractivity contribution in [3.8, 4) is 0 Å². The Kier molecular flexibility index (Phi) is 6.99. The van der Waals surface area contributed by atoms with Crippen molar-refractivity contribution in [2.24, 2.45) is 5.92 Å². The molecule has 0 bridgehead atoms. The van der Waals surface area contributed by atoms with Crippen molar-refractivity contribution in [2.45, 2.75) is 32.1 Å². The third kappa shape index (κ3) is 5.86. The lowest BCUT2D eigenvalue weighted by atomic mass is 9.97. The third-order valence-electron chi connectivity index (χ3n) is 4.44. The number of piperidine rings is 1. The maximum Gasteiger partial charge on any atom is 0.416 e. The predicted molar refractivity (Wildman–Crippen MR) is 91.0 cm³/mol. The summed E-state index contributed by atoms with van der Waals surface area (Å²) in [5.74, 6) is -3.38. The molecule has 0 radical (unpaired) electrons. The molecule has 6 nitrogen and oxygen atoms in total. The first-order valence-corrected chi connectivity index (χ1v) is 8.89. The highest BCUT2D eigenvalue weighted by atomic mass is 19.4. The largest absolute Gasteiger partial charge is 0.466 e. The van der Waals surface area contributed by atoms with Gasteiger partial charge in [-0.1, -0.05) is 0 Å². The Bertz CT molecular complexity index is 782. The summed E-state index contributed by atoms with van der Waals surface area (Å²) >= 11 is 0. The number of carbonyl (C=O) groups excluding carboxylic acids is 3. The molecule has 1 aliphatic heterocycles. The molecule has 1 aromatic rings. The van der Waals surface area contributed by atoms with Gasteiger partial charge in [-0.05, 0) is 38.0 Å². The molecule has 0 atom stereocenters. The second-order valence-electron chi connectivity index (χ2n) is 6.57. The molecule has 2 amide bonds. The maximum absolute atomic E-state index is 12.9. The molecule has 0 aromatic heterocycles. The van der Waals surface area contributed by atoms with E-state index in [9.17, 15) is 40.7 Å². The Hall–Kier alpha value is -2.79. The molecule has 166 valence electrons. The van der Waals surface area contributed by atoms with Gasteiger partial charge in [0.2, 0.25) is 0 Å². The van der Waals surface area contributed by atoms with Crippen LogP contribution in [0.4, 0.5) is 32.0 Å². The first-order valence-electron chi connectivity index (χ1n) is 8.89. The average Bonchev–Trinajstić information content (AvgIpc) is 2.66. The summed E-state index contributed by atoms with van der Waals surface area (Å²) in [6.45, 7) is 1.87. The van der Waals surface area contributed by atoms with E-state index in [-0.39, 0.29) is 38.6 Å². The number of esters is 1. The number of alkyl halides is 6. The lowest BCUT2D eigenvalue weighted by molar-refractivity contribution is -0.152. The number of likely N-dealkylation sites (tertiary alicyclic amines) is 1. The number of amides is 2. The lowest BCUT2D eigenvalue weighted by Crippen LogP contribution is -2.45. The molecule has 1 aromatic carbocycles. The van der Waals surface area contributed by atoms with Gasteiger partial charge in [-0.2, -0.15) is 26.3 Å². The van der Waals surface area contributed by atoms with Gasteiger partial charge < -0.3 is 15.0 Å². The fraction of sp³-hybridized carbons (Fsp3) is 0.500. The molecule has 0 spiro atoms. The van der Waals surface area contributed by atoms with Gasteiger partial charge in [0.1, 0.15) is 0 Å². The van der Waals surface area contributed by atoms with E-state index in [0.29, 0.717) is 12.1 Å². The van der Waals surface area contributed by atoms with Crippen molar-refractivity contribution in [1.29, 1.82) is 0 Å². The van der Waals surface area contributed by atoms with Crippen LogP contribution in [0.15, 0.2) is 18.2 Å². The van der Waals surface area contributed by atoms with Crippen LogP contribution >= 0.6 is 0 Å². The zero-order valence-corrected chi connectivity index (χ0v) is 15.7. The molecule has 30 heavy (non-hydrogen) atoms. The van der Waals surface area contributed by atoms with E-state index in [1.807, 2.05) is 0 Å². The first kappa shape index (κ1) is 23.5. The highest BCUT2D eigenvalue weighted by Crippen LogP contribution is 2.37. The molecular formula is C18H18F6N2O4. The van der Waals surface area contributed by atoms with Crippen molar-refractivity contribution in [3.05, 3.63) is 29.3 Å². The maximum atomic E-state index is 12.9. The van der Waals surface area contributed by atoms with Crippen LogP contribution in [0.3, 0.4) is 0 Å². The van der Waals surface area contributed by atoms with Crippen molar-refractivity contribution in [3.63, 3.8) is 0 Å². The van der Waals surface area contributed by atoms with Gasteiger partial charge in [0.15, 0.2) is 0 Å². The van der Waals surface area contributed by atoms with Gasteiger partial charge in [0.25, 0.3) is 0 Å². The Balaban J connectivity index is 2.10. The minimum atomic E-state index is -5.08. The van der Waals surface area contributed by atoms with Gasteiger partial charge in [-0.15, -0.1) is 0 Å². The summed E-state index contributed by atoms with van der Waals surface area (Å²) in [6.07, 6.45) is -9.72. The number of anilines is 1. The van der Waals surface area contributed by atoms with Crippen LogP contribution in [-0.4, -0.2) is 42.4 Å². The number of carbonyl (C=O) groups is 3. The third-order valence-corrected chi connectivity index (χ3v) is 4.44. The number of hydrogen-bond acceptors (Lipinski definition) is 4. The topological polar surface area (TPSA) is 75.7 Å². The molecule has 1 fully saturated rings. The van der Waals surface area contributed by atoms with E-state index >= 15 is 0 Å². The van der Waals surface area contributed by atoms with Crippen molar-refractivity contribution in [2.75, 3.05) is 25.0 Å². The summed E-state index contributed by atoms with van der Waals surface area (Å²) in [5, 5.41) is 1.80. The van der Waals surface area contributed by atoms with Crippen LogP contribution in [0, 0.1) is 5.92 Å². The van der Waals surface area contributed by atoms with E-state index in [0.717, 1.165) is 4.90 Å². The number of hydrogen-bond donors (Lipinski definition) is 1. The van der Waals surface area contributed by atoms with Crippen LogP contribution in [0.2, 0.25) is 0 Å².